The number of aromatic nitrogens is 2. The molecule has 0 bridgehead atoms. The summed E-state index contributed by atoms with van der Waals surface area (Å²) in [7, 11) is -3.41. The van der Waals surface area contributed by atoms with Gasteiger partial charge >= 0.3 is 0 Å². The van der Waals surface area contributed by atoms with Crippen molar-refractivity contribution in [2.45, 2.75) is 4.90 Å². The predicted molar refractivity (Wildman–Crippen MR) is 130 cm³/mol. The second-order valence-corrected chi connectivity index (χ2v) is 10.5. The zero-order valence-corrected chi connectivity index (χ0v) is 18.8. The summed E-state index contributed by atoms with van der Waals surface area (Å²) in [5.41, 5.74) is 4.93. The number of anilines is 2. The third-order valence-corrected chi connectivity index (χ3v) is 7.90. The second kappa shape index (κ2) is 7.46. The van der Waals surface area contributed by atoms with Crippen molar-refractivity contribution < 1.29 is 13.2 Å². The highest BCUT2D eigenvalue weighted by molar-refractivity contribution is 8.15. The lowest BCUT2D eigenvalue weighted by Crippen LogP contribution is -2.35. The van der Waals surface area contributed by atoms with E-state index in [0.717, 1.165) is 27.3 Å². The Bertz CT molecular complexity index is 1560. The summed E-state index contributed by atoms with van der Waals surface area (Å²) in [6.07, 6.45) is 1.78. The van der Waals surface area contributed by atoms with Gasteiger partial charge in [0.1, 0.15) is 6.33 Å². The fourth-order valence-electron chi connectivity index (χ4n) is 3.95. The summed E-state index contributed by atoms with van der Waals surface area (Å²) < 4.78 is 29.4. The van der Waals surface area contributed by atoms with Crippen molar-refractivity contribution in [3.05, 3.63) is 78.6 Å². The highest BCUT2D eigenvalue weighted by atomic mass is 32.2. The molecule has 164 valence electrons. The summed E-state index contributed by atoms with van der Waals surface area (Å²) in [6, 6.07) is 20.8. The first kappa shape index (κ1) is 20.0. The molecule has 4 aromatic rings. The van der Waals surface area contributed by atoms with E-state index in [1.54, 1.807) is 18.5 Å². The van der Waals surface area contributed by atoms with E-state index in [-0.39, 0.29) is 11.7 Å². The average molecular weight is 476 g/mol. The number of para-hydroxylation sites is 2. The van der Waals surface area contributed by atoms with Gasteiger partial charge in [-0.15, -0.1) is 4.40 Å². The summed E-state index contributed by atoms with van der Waals surface area (Å²) >= 11 is 1.27. The Balaban J connectivity index is 1.21. The van der Waals surface area contributed by atoms with Crippen LogP contribution in [0.3, 0.4) is 0 Å². The SMILES string of the molecule is O=C(Nc1ccc(-n2cnc3ccccc32)cc1)c1ccc2c(c1)SC1=NS(=O)(=O)CCN12. The van der Waals surface area contributed by atoms with Crippen LogP contribution in [0.15, 0.2) is 82.4 Å². The minimum atomic E-state index is -3.41. The standard InChI is InChI=1S/C23H17N5O3S2/c29-22(15-5-10-20-21(13-15)32-23-26-33(30,31)12-11-27(20)23)25-16-6-8-17(9-7-16)28-14-24-18-3-1-2-4-19(18)28/h1-10,13-14H,11-12H2,(H,25,29). The normalized spacial score (nSPS) is 16.2. The number of sulfonamides is 1. The molecule has 0 aliphatic carbocycles. The van der Waals surface area contributed by atoms with Gasteiger partial charge in [0.2, 0.25) is 0 Å². The van der Waals surface area contributed by atoms with E-state index in [0.29, 0.717) is 23.0 Å². The van der Waals surface area contributed by atoms with Gasteiger partial charge in [0, 0.05) is 28.4 Å². The van der Waals surface area contributed by atoms with Crippen LogP contribution in [-0.4, -0.2) is 41.3 Å². The van der Waals surface area contributed by atoms with E-state index in [9.17, 15) is 13.2 Å². The number of hydrogen-bond acceptors (Lipinski definition) is 6. The van der Waals surface area contributed by atoms with Crippen LogP contribution in [-0.2, 0) is 10.0 Å². The van der Waals surface area contributed by atoms with E-state index < -0.39 is 10.0 Å². The monoisotopic (exact) mass is 475 g/mol. The molecule has 3 aromatic carbocycles. The lowest BCUT2D eigenvalue weighted by atomic mass is 10.1. The van der Waals surface area contributed by atoms with Crippen molar-refractivity contribution in [2.24, 2.45) is 4.40 Å². The molecule has 0 radical (unpaired) electrons. The van der Waals surface area contributed by atoms with E-state index in [1.165, 1.54) is 11.8 Å². The smallest absolute Gasteiger partial charge is 0.257 e. The van der Waals surface area contributed by atoms with Crippen molar-refractivity contribution in [1.29, 1.82) is 0 Å². The van der Waals surface area contributed by atoms with E-state index in [1.807, 2.05) is 64.1 Å². The van der Waals surface area contributed by atoms with Gasteiger partial charge in [-0.25, -0.2) is 13.4 Å². The molecule has 3 heterocycles. The number of benzene rings is 3. The van der Waals surface area contributed by atoms with Gasteiger partial charge in [0.05, 0.1) is 22.5 Å². The maximum absolute atomic E-state index is 12.8. The number of amides is 1. The zero-order chi connectivity index (χ0) is 22.6. The largest absolute Gasteiger partial charge is 0.322 e. The quantitative estimate of drug-likeness (QED) is 0.483. The molecule has 1 N–H and O–H groups in total. The Morgan fingerprint density at radius 1 is 1.03 bits per heavy atom. The minimum absolute atomic E-state index is 0.0103. The van der Waals surface area contributed by atoms with Crippen LogP contribution >= 0.6 is 11.8 Å². The van der Waals surface area contributed by atoms with Gasteiger partial charge in [-0.05, 0) is 66.4 Å². The van der Waals surface area contributed by atoms with Crippen LogP contribution in [0, 0.1) is 0 Å². The zero-order valence-electron chi connectivity index (χ0n) is 17.2. The number of hydrogen-bond donors (Lipinski definition) is 1. The molecule has 33 heavy (non-hydrogen) atoms. The molecule has 1 aromatic heterocycles. The number of carbonyl (C=O) groups excluding carboxylic acids is 1. The molecule has 0 atom stereocenters. The van der Waals surface area contributed by atoms with Crippen LogP contribution in [0.25, 0.3) is 16.7 Å². The first-order valence-electron chi connectivity index (χ1n) is 10.2. The molecule has 0 spiro atoms. The number of thioether (sulfide) groups is 1. The van der Waals surface area contributed by atoms with Crippen LogP contribution in [0.2, 0.25) is 0 Å². The van der Waals surface area contributed by atoms with Crippen molar-refractivity contribution in [1.82, 2.24) is 9.55 Å². The van der Waals surface area contributed by atoms with Gasteiger partial charge in [-0.1, -0.05) is 12.1 Å². The Morgan fingerprint density at radius 3 is 2.70 bits per heavy atom. The molecule has 1 amide bonds. The topological polar surface area (TPSA) is 96.7 Å². The van der Waals surface area contributed by atoms with Crippen LogP contribution < -0.4 is 10.2 Å². The summed E-state index contributed by atoms with van der Waals surface area (Å²) in [5, 5.41) is 3.36. The van der Waals surface area contributed by atoms with E-state index >= 15 is 0 Å². The molecule has 0 unspecified atom stereocenters. The Labute approximate surface area is 194 Å². The summed E-state index contributed by atoms with van der Waals surface area (Å²) in [6.45, 7) is 0.366. The lowest BCUT2D eigenvalue weighted by molar-refractivity contribution is 0.102. The highest BCUT2D eigenvalue weighted by Crippen LogP contribution is 2.42. The Kier molecular flexibility index (Phi) is 4.52. The van der Waals surface area contributed by atoms with Crippen LogP contribution in [0.5, 0.6) is 0 Å². The first-order valence-corrected chi connectivity index (χ1v) is 12.7. The van der Waals surface area contributed by atoms with Crippen LogP contribution in [0.4, 0.5) is 11.4 Å². The fraction of sp³-hybridized carbons (Fsp3) is 0.0870. The predicted octanol–water partition coefficient (Wildman–Crippen LogP) is 3.89. The molecule has 0 saturated carbocycles. The van der Waals surface area contributed by atoms with Gasteiger partial charge < -0.3 is 10.2 Å². The number of rotatable bonds is 3. The summed E-state index contributed by atoms with van der Waals surface area (Å²) in [5.74, 6) is -0.248. The molecule has 2 aliphatic heterocycles. The molecular formula is C23H17N5O3S2. The third kappa shape index (κ3) is 3.57. The number of amidine groups is 1. The lowest BCUT2D eigenvalue weighted by Gasteiger charge is -2.22. The number of carbonyl (C=O) groups is 1. The number of fused-ring (bicyclic) bond motifs is 4. The Hall–Kier alpha value is -3.63. The molecule has 10 heteroatoms. The molecule has 6 rings (SSSR count). The third-order valence-electron chi connectivity index (χ3n) is 5.59. The molecule has 0 saturated heterocycles. The fourth-order valence-corrected chi connectivity index (χ4v) is 6.24. The van der Waals surface area contributed by atoms with Gasteiger partial charge in [0.15, 0.2) is 5.17 Å². The number of nitrogens with one attached hydrogen (secondary N) is 1. The average Bonchev–Trinajstić information content (AvgIpc) is 3.39. The maximum atomic E-state index is 12.8. The second-order valence-electron chi connectivity index (χ2n) is 7.70. The highest BCUT2D eigenvalue weighted by Gasteiger charge is 2.33. The minimum Gasteiger partial charge on any atom is -0.322 e. The summed E-state index contributed by atoms with van der Waals surface area (Å²) in [4.78, 5) is 20.0. The first-order chi connectivity index (χ1) is 16.0. The Morgan fingerprint density at radius 2 is 1.85 bits per heavy atom. The van der Waals surface area contributed by atoms with Crippen molar-refractivity contribution >= 4 is 55.3 Å². The van der Waals surface area contributed by atoms with E-state index in [2.05, 4.69) is 14.7 Å². The van der Waals surface area contributed by atoms with Gasteiger partial charge in [-0.3, -0.25) is 9.36 Å². The van der Waals surface area contributed by atoms with E-state index in [4.69, 9.17) is 0 Å². The number of nitrogens with zero attached hydrogens (tertiary/aromatic N) is 4. The van der Waals surface area contributed by atoms with Crippen LogP contribution in [0.1, 0.15) is 10.4 Å². The van der Waals surface area contributed by atoms with Crippen molar-refractivity contribution in [3.63, 3.8) is 0 Å². The van der Waals surface area contributed by atoms with Crippen molar-refractivity contribution in [3.8, 4) is 5.69 Å². The maximum Gasteiger partial charge on any atom is 0.257 e. The molecule has 8 nitrogen and oxygen atoms in total. The van der Waals surface area contributed by atoms with Gasteiger partial charge in [-0.2, -0.15) is 0 Å². The molecular weight excluding hydrogens is 458 g/mol. The molecule has 2 aliphatic rings. The molecule has 0 fully saturated rings. The van der Waals surface area contributed by atoms with Gasteiger partial charge in [0.25, 0.3) is 15.9 Å². The van der Waals surface area contributed by atoms with Crippen molar-refractivity contribution in [2.75, 3.05) is 22.5 Å². The number of imidazole rings is 1.